The van der Waals surface area contributed by atoms with Crippen LogP contribution in [0.25, 0.3) is 11.3 Å². The van der Waals surface area contributed by atoms with Gasteiger partial charge in [-0.25, -0.2) is 19.7 Å². The summed E-state index contributed by atoms with van der Waals surface area (Å²) in [4.78, 5) is 24.3. The van der Waals surface area contributed by atoms with Crippen molar-refractivity contribution < 1.29 is 14.3 Å². The molecule has 0 amide bonds. The number of oxazole rings is 1. The third-order valence-corrected chi connectivity index (χ3v) is 5.66. The highest BCUT2D eigenvalue weighted by molar-refractivity contribution is 7.99. The van der Waals surface area contributed by atoms with E-state index in [1.165, 1.54) is 24.4 Å². The first-order valence-corrected chi connectivity index (χ1v) is 9.71. The molecule has 138 valence electrons. The topological polar surface area (TPSA) is 89.1 Å². The standard InChI is InChI=1S/C19H16ClN3O3S/c1-10-7-12(8-22-15(10)18(24)25)16-19(26-17(23-16)11-3-2-4-11)27-14-6-5-13(20)9-21-14/h5-9,11H,2-4H2,1H3,(H,24,25). The molecule has 4 rings (SSSR count). The number of hydrogen-bond acceptors (Lipinski definition) is 6. The summed E-state index contributed by atoms with van der Waals surface area (Å²) in [7, 11) is 0. The van der Waals surface area contributed by atoms with Gasteiger partial charge in [0.25, 0.3) is 0 Å². The van der Waals surface area contributed by atoms with Crippen LogP contribution < -0.4 is 0 Å². The van der Waals surface area contributed by atoms with Gasteiger partial charge in [0.05, 0.1) is 5.02 Å². The lowest BCUT2D eigenvalue weighted by Crippen LogP contribution is -2.08. The van der Waals surface area contributed by atoms with Crippen LogP contribution in [-0.2, 0) is 0 Å². The van der Waals surface area contributed by atoms with Crippen LogP contribution >= 0.6 is 23.4 Å². The third-order valence-electron chi connectivity index (χ3n) is 4.52. The van der Waals surface area contributed by atoms with Crippen LogP contribution in [0.4, 0.5) is 0 Å². The zero-order chi connectivity index (χ0) is 19.0. The zero-order valence-corrected chi connectivity index (χ0v) is 16.0. The number of pyridine rings is 2. The molecule has 0 bridgehead atoms. The van der Waals surface area contributed by atoms with Crippen LogP contribution in [-0.4, -0.2) is 26.0 Å². The van der Waals surface area contributed by atoms with Gasteiger partial charge in [0.1, 0.15) is 10.7 Å². The quantitative estimate of drug-likeness (QED) is 0.627. The predicted molar refractivity (Wildman–Crippen MR) is 101 cm³/mol. The molecule has 1 aliphatic carbocycles. The van der Waals surface area contributed by atoms with Gasteiger partial charge in [-0.05, 0) is 55.3 Å². The molecular formula is C19H16ClN3O3S. The molecule has 0 unspecified atom stereocenters. The Morgan fingerprint density at radius 3 is 2.70 bits per heavy atom. The van der Waals surface area contributed by atoms with E-state index in [0.717, 1.165) is 23.4 Å². The summed E-state index contributed by atoms with van der Waals surface area (Å²) in [6.07, 6.45) is 6.42. The zero-order valence-electron chi connectivity index (χ0n) is 14.5. The number of aromatic carboxylic acids is 1. The average molecular weight is 402 g/mol. The van der Waals surface area contributed by atoms with E-state index in [9.17, 15) is 9.90 Å². The molecule has 0 saturated heterocycles. The van der Waals surface area contributed by atoms with E-state index < -0.39 is 5.97 Å². The molecule has 0 aliphatic heterocycles. The summed E-state index contributed by atoms with van der Waals surface area (Å²) in [6, 6.07) is 5.37. The Kier molecular flexibility index (Phi) is 4.88. The Bertz CT molecular complexity index is 1000. The molecule has 1 saturated carbocycles. The van der Waals surface area contributed by atoms with Gasteiger partial charge in [-0.15, -0.1) is 0 Å². The largest absolute Gasteiger partial charge is 0.477 e. The number of aromatic nitrogens is 3. The van der Waals surface area contributed by atoms with Crippen molar-refractivity contribution in [2.75, 3.05) is 0 Å². The minimum atomic E-state index is -1.05. The maximum atomic E-state index is 11.2. The lowest BCUT2D eigenvalue weighted by atomic mass is 9.85. The second kappa shape index (κ2) is 7.32. The van der Waals surface area contributed by atoms with Crippen LogP contribution in [0, 0.1) is 6.92 Å². The fourth-order valence-corrected chi connectivity index (χ4v) is 3.78. The number of carboxylic acid groups (broad SMARTS) is 1. The molecular weight excluding hydrogens is 386 g/mol. The number of carbonyl (C=O) groups is 1. The van der Waals surface area contributed by atoms with Crippen molar-refractivity contribution in [3.8, 4) is 11.3 Å². The van der Waals surface area contributed by atoms with Gasteiger partial charge in [-0.3, -0.25) is 0 Å². The summed E-state index contributed by atoms with van der Waals surface area (Å²) in [5.41, 5.74) is 2.00. The number of rotatable bonds is 5. The Hall–Kier alpha value is -2.38. The average Bonchev–Trinajstić information content (AvgIpc) is 2.98. The number of hydrogen-bond donors (Lipinski definition) is 1. The second-order valence-electron chi connectivity index (χ2n) is 6.43. The molecule has 3 aromatic rings. The van der Waals surface area contributed by atoms with Crippen molar-refractivity contribution in [1.82, 2.24) is 15.0 Å². The summed E-state index contributed by atoms with van der Waals surface area (Å²) < 4.78 is 6.06. The van der Waals surface area contributed by atoms with E-state index in [0.29, 0.717) is 33.2 Å². The van der Waals surface area contributed by atoms with Crippen molar-refractivity contribution in [3.05, 3.63) is 52.8 Å². The van der Waals surface area contributed by atoms with E-state index in [4.69, 9.17) is 21.0 Å². The van der Waals surface area contributed by atoms with Gasteiger partial charge < -0.3 is 9.52 Å². The van der Waals surface area contributed by atoms with Crippen molar-refractivity contribution in [1.29, 1.82) is 0 Å². The van der Waals surface area contributed by atoms with Gasteiger partial charge in [0, 0.05) is 23.9 Å². The van der Waals surface area contributed by atoms with Crippen LogP contribution in [0.3, 0.4) is 0 Å². The maximum absolute atomic E-state index is 11.2. The Morgan fingerprint density at radius 2 is 2.11 bits per heavy atom. The highest BCUT2D eigenvalue weighted by Gasteiger charge is 2.28. The van der Waals surface area contributed by atoms with Crippen molar-refractivity contribution in [2.45, 2.75) is 42.2 Å². The first kappa shape index (κ1) is 18.0. The summed E-state index contributed by atoms with van der Waals surface area (Å²) in [5, 5.41) is 11.1. The molecule has 6 nitrogen and oxygen atoms in total. The first-order valence-electron chi connectivity index (χ1n) is 8.51. The third kappa shape index (κ3) is 3.70. The fraction of sp³-hybridized carbons (Fsp3) is 0.263. The van der Waals surface area contributed by atoms with Crippen molar-refractivity contribution in [2.24, 2.45) is 0 Å². The number of halogens is 1. The van der Waals surface area contributed by atoms with Gasteiger partial charge in [0.2, 0.25) is 0 Å². The van der Waals surface area contributed by atoms with Gasteiger partial charge in [0.15, 0.2) is 16.7 Å². The SMILES string of the molecule is Cc1cc(-c2nc(C3CCC3)oc2Sc2ccc(Cl)cn2)cnc1C(=O)O. The predicted octanol–water partition coefficient (Wildman–Crippen LogP) is 5.21. The Balaban J connectivity index is 1.73. The Morgan fingerprint density at radius 1 is 1.30 bits per heavy atom. The van der Waals surface area contributed by atoms with Crippen molar-refractivity contribution >= 4 is 29.3 Å². The molecule has 8 heteroatoms. The molecule has 0 spiro atoms. The lowest BCUT2D eigenvalue weighted by Gasteiger charge is -2.21. The van der Waals surface area contributed by atoms with Crippen molar-refractivity contribution in [3.63, 3.8) is 0 Å². The summed E-state index contributed by atoms with van der Waals surface area (Å²) >= 11 is 7.27. The molecule has 0 aromatic carbocycles. The number of carboxylic acids is 1. The summed E-state index contributed by atoms with van der Waals surface area (Å²) in [5.74, 6) is 0.00521. The molecule has 3 aromatic heterocycles. The Labute approximate surface area is 165 Å². The van der Waals surface area contributed by atoms with Crippen LogP contribution in [0.2, 0.25) is 5.02 Å². The van der Waals surface area contributed by atoms with E-state index in [-0.39, 0.29) is 5.69 Å². The van der Waals surface area contributed by atoms with E-state index >= 15 is 0 Å². The van der Waals surface area contributed by atoms with Gasteiger partial charge >= 0.3 is 5.97 Å². The number of aryl methyl sites for hydroxylation is 1. The van der Waals surface area contributed by atoms with Crippen LogP contribution in [0.15, 0.2) is 45.1 Å². The highest BCUT2D eigenvalue weighted by Crippen LogP contribution is 2.42. The maximum Gasteiger partial charge on any atom is 0.354 e. The second-order valence-corrected chi connectivity index (χ2v) is 7.86. The van der Waals surface area contributed by atoms with E-state index in [2.05, 4.69) is 9.97 Å². The van der Waals surface area contributed by atoms with E-state index in [1.807, 2.05) is 6.07 Å². The molecule has 27 heavy (non-hydrogen) atoms. The normalized spacial score (nSPS) is 14.1. The minimum absolute atomic E-state index is 0.0371. The fourth-order valence-electron chi connectivity index (χ4n) is 2.85. The molecule has 1 fully saturated rings. The summed E-state index contributed by atoms with van der Waals surface area (Å²) in [6.45, 7) is 1.72. The first-order chi connectivity index (χ1) is 13.0. The molecule has 0 radical (unpaired) electrons. The van der Waals surface area contributed by atoms with Gasteiger partial charge in [-0.1, -0.05) is 18.0 Å². The highest BCUT2D eigenvalue weighted by atomic mass is 35.5. The number of nitrogens with zero attached hydrogens (tertiary/aromatic N) is 3. The van der Waals surface area contributed by atoms with Gasteiger partial charge in [-0.2, -0.15) is 0 Å². The van der Waals surface area contributed by atoms with Crippen LogP contribution in [0.1, 0.15) is 47.1 Å². The van der Waals surface area contributed by atoms with Crippen LogP contribution in [0.5, 0.6) is 0 Å². The monoisotopic (exact) mass is 401 g/mol. The molecule has 0 atom stereocenters. The van der Waals surface area contributed by atoms with E-state index in [1.54, 1.807) is 25.3 Å². The molecule has 1 aliphatic rings. The smallest absolute Gasteiger partial charge is 0.354 e. The lowest BCUT2D eigenvalue weighted by molar-refractivity contribution is 0.0689. The minimum Gasteiger partial charge on any atom is -0.477 e. The molecule has 1 N–H and O–H groups in total. The molecule has 3 heterocycles.